The number of ether oxygens (including phenoxy) is 2. The van der Waals surface area contributed by atoms with Gasteiger partial charge >= 0.3 is 0 Å². The summed E-state index contributed by atoms with van der Waals surface area (Å²) in [4.78, 5) is 4.35. The van der Waals surface area contributed by atoms with Gasteiger partial charge in [-0.25, -0.2) is 0 Å². The maximum Gasteiger partial charge on any atom is 0.193 e. The number of nitrogens with zero attached hydrogens (tertiary/aromatic N) is 1. The number of hydrogen-bond acceptors (Lipinski definition) is 3. The van der Waals surface area contributed by atoms with Crippen molar-refractivity contribution in [3.8, 4) is 5.75 Å². The first-order valence-electron chi connectivity index (χ1n) is 8.10. The monoisotopic (exact) mass is 361 g/mol. The number of guanidine groups is 1. The standard InChI is InChI=1S/C19H24ClN3O2/c1-13(2)25-15-10-8-14(9-11-15)23-19(21)22-12-18(24-3)16-6-4-5-7-17(16)20/h4-11,13,18H,12H2,1-3H3,(H3,21,22,23). The minimum atomic E-state index is -0.254. The third-order valence-corrected chi connectivity index (χ3v) is 3.81. The summed E-state index contributed by atoms with van der Waals surface area (Å²) in [7, 11) is 1.63. The van der Waals surface area contributed by atoms with Gasteiger partial charge in [0, 0.05) is 23.4 Å². The maximum absolute atomic E-state index is 6.21. The molecule has 2 rings (SSSR count). The molecule has 6 heteroatoms. The van der Waals surface area contributed by atoms with E-state index < -0.39 is 0 Å². The van der Waals surface area contributed by atoms with Gasteiger partial charge in [-0.3, -0.25) is 4.99 Å². The number of benzene rings is 2. The van der Waals surface area contributed by atoms with Crippen molar-refractivity contribution in [3.05, 3.63) is 59.1 Å². The maximum atomic E-state index is 6.21. The lowest BCUT2D eigenvalue weighted by Crippen LogP contribution is -2.24. The van der Waals surface area contributed by atoms with Gasteiger partial charge in [0.2, 0.25) is 0 Å². The Morgan fingerprint density at radius 3 is 2.44 bits per heavy atom. The molecule has 0 saturated heterocycles. The van der Waals surface area contributed by atoms with Gasteiger partial charge in [0.1, 0.15) is 11.9 Å². The molecule has 1 atom stereocenters. The highest BCUT2D eigenvalue weighted by Crippen LogP contribution is 2.25. The minimum absolute atomic E-state index is 0.140. The number of methoxy groups -OCH3 is 1. The topological polar surface area (TPSA) is 68.9 Å². The Hall–Kier alpha value is -2.24. The molecule has 134 valence electrons. The van der Waals surface area contributed by atoms with E-state index in [1.54, 1.807) is 7.11 Å². The molecule has 2 aromatic carbocycles. The molecule has 0 spiro atoms. The first-order chi connectivity index (χ1) is 12.0. The summed E-state index contributed by atoms with van der Waals surface area (Å²) >= 11 is 6.21. The third-order valence-electron chi connectivity index (χ3n) is 3.46. The van der Waals surface area contributed by atoms with Crippen LogP contribution in [0.5, 0.6) is 5.75 Å². The smallest absolute Gasteiger partial charge is 0.193 e. The van der Waals surface area contributed by atoms with Crippen molar-refractivity contribution < 1.29 is 9.47 Å². The lowest BCUT2D eigenvalue weighted by atomic mass is 10.1. The third kappa shape index (κ3) is 5.96. The molecule has 0 aliphatic heterocycles. The predicted molar refractivity (Wildman–Crippen MR) is 104 cm³/mol. The zero-order valence-corrected chi connectivity index (χ0v) is 15.5. The molecule has 2 aromatic rings. The molecule has 0 aromatic heterocycles. The van der Waals surface area contributed by atoms with Crippen LogP contribution in [0.25, 0.3) is 0 Å². The molecule has 25 heavy (non-hydrogen) atoms. The van der Waals surface area contributed by atoms with Crippen molar-refractivity contribution in [1.82, 2.24) is 0 Å². The molecule has 0 radical (unpaired) electrons. The average molecular weight is 362 g/mol. The first kappa shape index (κ1) is 19.1. The number of anilines is 1. The second kappa shape index (κ2) is 9.30. The Bertz CT molecular complexity index is 702. The van der Waals surface area contributed by atoms with E-state index in [0.717, 1.165) is 17.0 Å². The first-order valence-corrected chi connectivity index (χ1v) is 8.48. The van der Waals surface area contributed by atoms with E-state index in [0.29, 0.717) is 17.5 Å². The zero-order valence-electron chi connectivity index (χ0n) is 14.7. The summed E-state index contributed by atoms with van der Waals surface area (Å²) in [6.45, 7) is 4.34. The number of aliphatic imine (C=N–C) groups is 1. The number of nitrogens with two attached hydrogens (primary N) is 1. The number of nitrogens with one attached hydrogen (secondary N) is 1. The normalized spacial score (nSPS) is 12.9. The molecular formula is C19H24ClN3O2. The highest BCUT2D eigenvalue weighted by atomic mass is 35.5. The van der Waals surface area contributed by atoms with Crippen LogP contribution in [-0.2, 0) is 4.74 Å². The summed E-state index contributed by atoms with van der Waals surface area (Å²) in [5, 5.41) is 3.70. The van der Waals surface area contributed by atoms with E-state index in [2.05, 4.69) is 10.3 Å². The van der Waals surface area contributed by atoms with Crippen LogP contribution < -0.4 is 15.8 Å². The van der Waals surface area contributed by atoms with Gasteiger partial charge < -0.3 is 20.5 Å². The van der Waals surface area contributed by atoms with Crippen LogP contribution >= 0.6 is 11.6 Å². The highest BCUT2D eigenvalue weighted by Gasteiger charge is 2.13. The summed E-state index contributed by atoms with van der Waals surface area (Å²) in [6.07, 6.45) is -0.114. The largest absolute Gasteiger partial charge is 0.491 e. The van der Waals surface area contributed by atoms with Crippen molar-refractivity contribution in [1.29, 1.82) is 0 Å². The van der Waals surface area contributed by atoms with Crippen LogP contribution in [0.3, 0.4) is 0 Å². The van der Waals surface area contributed by atoms with Gasteiger partial charge in [-0.2, -0.15) is 0 Å². The number of hydrogen-bond donors (Lipinski definition) is 2. The average Bonchev–Trinajstić information content (AvgIpc) is 2.58. The quantitative estimate of drug-likeness (QED) is 0.571. The molecular weight excluding hydrogens is 338 g/mol. The Labute approximate surface area is 153 Å². The zero-order chi connectivity index (χ0) is 18.2. The van der Waals surface area contributed by atoms with Crippen LogP contribution in [0, 0.1) is 0 Å². The van der Waals surface area contributed by atoms with Crippen LogP contribution in [0.15, 0.2) is 53.5 Å². The lowest BCUT2D eigenvalue weighted by Gasteiger charge is -2.15. The van der Waals surface area contributed by atoms with Crippen molar-refractivity contribution in [3.63, 3.8) is 0 Å². The fourth-order valence-corrected chi connectivity index (χ4v) is 2.55. The second-order valence-electron chi connectivity index (χ2n) is 5.79. The molecule has 0 aliphatic rings. The van der Waals surface area contributed by atoms with Crippen molar-refractivity contribution in [2.45, 2.75) is 26.1 Å². The summed E-state index contributed by atoms with van der Waals surface area (Å²) in [5.74, 6) is 1.13. The number of rotatable bonds is 7. The van der Waals surface area contributed by atoms with Crippen molar-refractivity contribution in [2.24, 2.45) is 10.7 Å². The van der Waals surface area contributed by atoms with Crippen LogP contribution in [-0.4, -0.2) is 25.7 Å². The van der Waals surface area contributed by atoms with Crippen molar-refractivity contribution >= 4 is 23.2 Å². The summed E-state index contributed by atoms with van der Waals surface area (Å²) < 4.78 is 11.1. The summed E-state index contributed by atoms with van der Waals surface area (Å²) in [5.41, 5.74) is 7.69. The van der Waals surface area contributed by atoms with Crippen LogP contribution in [0.2, 0.25) is 5.02 Å². The molecule has 0 aliphatic carbocycles. The highest BCUT2D eigenvalue weighted by molar-refractivity contribution is 6.31. The van der Waals surface area contributed by atoms with Gasteiger partial charge in [0.15, 0.2) is 5.96 Å². The van der Waals surface area contributed by atoms with E-state index in [1.807, 2.05) is 62.4 Å². The molecule has 0 amide bonds. The van der Waals surface area contributed by atoms with E-state index in [9.17, 15) is 0 Å². The predicted octanol–water partition coefficient (Wildman–Crippen LogP) is 4.24. The minimum Gasteiger partial charge on any atom is -0.491 e. The molecule has 0 bridgehead atoms. The molecule has 0 saturated carbocycles. The number of halogens is 1. The van der Waals surface area contributed by atoms with Gasteiger partial charge in [-0.1, -0.05) is 29.8 Å². The Morgan fingerprint density at radius 1 is 1.16 bits per heavy atom. The van der Waals surface area contributed by atoms with Gasteiger partial charge in [-0.15, -0.1) is 0 Å². The summed E-state index contributed by atoms with van der Waals surface area (Å²) in [6, 6.07) is 15.1. The molecule has 0 heterocycles. The Kier molecular flexibility index (Phi) is 7.10. The SMILES string of the molecule is COC(CN=C(N)Nc1ccc(OC(C)C)cc1)c1ccccc1Cl. The van der Waals surface area contributed by atoms with Gasteiger partial charge in [0.25, 0.3) is 0 Å². The molecule has 0 fully saturated rings. The van der Waals surface area contributed by atoms with Crippen LogP contribution in [0.1, 0.15) is 25.5 Å². The van der Waals surface area contributed by atoms with E-state index in [4.69, 9.17) is 26.8 Å². The van der Waals surface area contributed by atoms with E-state index in [1.165, 1.54) is 0 Å². The fourth-order valence-electron chi connectivity index (χ4n) is 2.29. The molecule has 1 unspecified atom stereocenters. The molecule has 5 nitrogen and oxygen atoms in total. The van der Waals surface area contributed by atoms with E-state index in [-0.39, 0.29) is 12.2 Å². The molecule has 3 N–H and O–H groups in total. The Morgan fingerprint density at radius 2 is 1.84 bits per heavy atom. The van der Waals surface area contributed by atoms with Crippen LogP contribution in [0.4, 0.5) is 5.69 Å². The fraction of sp³-hybridized carbons (Fsp3) is 0.316. The van der Waals surface area contributed by atoms with Crippen molar-refractivity contribution in [2.75, 3.05) is 19.0 Å². The van der Waals surface area contributed by atoms with Gasteiger partial charge in [0.05, 0.1) is 12.6 Å². The van der Waals surface area contributed by atoms with Gasteiger partial charge in [-0.05, 0) is 44.2 Å². The van der Waals surface area contributed by atoms with E-state index >= 15 is 0 Å². The Balaban J connectivity index is 1.97. The second-order valence-corrected chi connectivity index (χ2v) is 6.19. The lowest BCUT2D eigenvalue weighted by molar-refractivity contribution is 0.111.